The van der Waals surface area contributed by atoms with E-state index in [0.717, 1.165) is 11.1 Å². The zero-order valence-corrected chi connectivity index (χ0v) is 18.6. The summed E-state index contributed by atoms with van der Waals surface area (Å²) < 4.78 is 9.99. The third kappa shape index (κ3) is 6.74. The number of carbonyl (C=O) groups excluding carboxylic acids is 2. The number of nitrogen functional groups attached to an aromatic ring is 1. The summed E-state index contributed by atoms with van der Waals surface area (Å²) in [6.45, 7) is 11.2. The normalized spacial score (nSPS) is 12.9. The quantitative estimate of drug-likeness (QED) is 0.447. The average Bonchev–Trinajstić information content (AvgIpc) is 2.70. The Morgan fingerprint density at radius 3 is 2.48 bits per heavy atom. The van der Waals surface area contributed by atoms with Gasteiger partial charge in [-0.2, -0.15) is 0 Å². The number of methoxy groups -OCH3 is 1. The minimum atomic E-state index is -0.615. The lowest BCUT2D eigenvalue weighted by Gasteiger charge is -2.26. The number of nitrogens with one attached hydrogen (secondary N) is 2. The smallest absolute Gasteiger partial charge is 0.411 e. The molecule has 1 heterocycles. The Morgan fingerprint density at radius 2 is 1.90 bits per heavy atom. The van der Waals surface area contributed by atoms with Gasteiger partial charge in [-0.15, -0.1) is 6.58 Å². The van der Waals surface area contributed by atoms with Crippen LogP contribution < -0.4 is 16.4 Å². The highest BCUT2D eigenvalue weighted by molar-refractivity contribution is 5.87. The number of hydrogen-bond acceptors (Lipinski definition) is 6. The van der Waals surface area contributed by atoms with Crippen molar-refractivity contribution in [3.8, 4) is 11.1 Å². The molecule has 0 aliphatic rings. The molecule has 0 aliphatic heterocycles. The van der Waals surface area contributed by atoms with Crippen molar-refractivity contribution in [3.05, 3.63) is 54.9 Å². The fraction of sp³-hybridized carbons (Fsp3) is 0.348. The minimum absolute atomic E-state index is 0.0979. The van der Waals surface area contributed by atoms with Crippen LogP contribution in [0.4, 0.5) is 21.0 Å². The number of hydrogen-bond donors (Lipinski definition) is 3. The van der Waals surface area contributed by atoms with E-state index in [-0.39, 0.29) is 5.92 Å². The van der Waals surface area contributed by atoms with Crippen molar-refractivity contribution in [2.45, 2.75) is 39.3 Å². The van der Waals surface area contributed by atoms with Gasteiger partial charge in [0.2, 0.25) is 0 Å². The molecule has 1 aromatic carbocycles. The van der Waals surface area contributed by atoms with E-state index in [1.54, 1.807) is 51.2 Å². The van der Waals surface area contributed by atoms with Gasteiger partial charge in [0, 0.05) is 23.1 Å². The van der Waals surface area contributed by atoms with E-state index >= 15 is 0 Å². The lowest BCUT2D eigenvalue weighted by molar-refractivity contribution is 0.0492. The molecule has 0 aliphatic carbocycles. The molecule has 166 valence electrons. The first-order valence-electron chi connectivity index (χ1n) is 9.87. The van der Waals surface area contributed by atoms with Gasteiger partial charge in [0.15, 0.2) is 0 Å². The number of pyridine rings is 1. The fourth-order valence-electron chi connectivity index (χ4n) is 2.90. The largest absolute Gasteiger partial charge is 0.453 e. The Morgan fingerprint density at radius 1 is 1.19 bits per heavy atom. The first kappa shape index (κ1) is 23.7. The van der Waals surface area contributed by atoms with Gasteiger partial charge in [-0.1, -0.05) is 19.1 Å². The highest BCUT2D eigenvalue weighted by Gasteiger charge is 2.25. The summed E-state index contributed by atoms with van der Waals surface area (Å²) in [5, 5.41) is 5.46. The molecule has 2 atom stereocenters. The summed E-state index contributed by atoms with van der Waals surface area (Å²) in [4.78, 5) is 28.2. The summed E-state index contributed by atoms with van der Waals surface area (Å²) in [5.41, 5.74) is 8.82. The molecule has 0 fully saturated rings. The van der Waals surface area contributed by atoms with E-state index in [1.807, 2.05) is 19.1 Å². The minimum Gasteiger partial charge on any atom is -0.453 e. The molecule has 2 rings (SSSR count). The number of benzene rings is 1. The summed E-state index contributed by atoms with van der Waals surface area (Å²) in [6.07, 6.45) is 2.30. The second-order valence-electron chi connectivity index (χ2n) is 8.11. The first-order valence-corrected chi connectivity index (χ1v) is 9.87. The molecular formula is C23H30N4O4. The molecule has 0 radical (unpaired) electrons. The number of nitrogens with zero attached hydrogens (tertiary/aromatic N) is 1. The molecule has 0 saturated heterocycles. The summed E-state index contributed by atoms with van der Waals surface area (Å²) in [6, 6.07) is 8.43. The van der Waals surface area contributed by atoms with Crippen LogP contribution in [-0.4, -0.2) is 29.9 Å². The summed E-state index contributed by atoms with van der Waals surface area (Å²) >= 11 is 0. The van der Waals surface area contributed by atoms with Crippen LogP contribution in [0.3, 0.4) is 0 Å². The van der Waals surface area contributed by atoms with Gasteiger partial charge in [-0.3, -0.25) is 10.3 Å². The van der Waals surface area contributed by atoms with Crippen LogP contribution in [0.25, 0.3) is 11.1 Å². The van der Waals surface area contributed by atoms with Crippen molar-refractivity contribution in [3.63, 3.8) is 0 Å². The first-order chi connectivity index (χ1) is 14.5. The highest BCUT2D eigenvalue weighted by atomic mass is 16.6. The number of rotatable bonds is 6. The molecule has 0 bridgehead atoms. The SMILES string of the molecule is C=CC(C)[C@H](NC(=O)OC(C)(C)C)c1cc(-c2ccc(NC(=O)OC)cc2N)ccn1. The van der Waals surface area contributed by atoms with Gasteiger partial charge < -0.3 is 20.5 Å². The Hall–Kier alpha value is -3.55. The van der Waals surface area contributed by atoms with Crippen LogP contribution in [0, 0.1) is 5.92 Å². The van der Waals surface area contributed by atoms with E-state index in [4.69, 9.17) is 10.5 Å². The van der Waals surface area contributed by atoms with Crippen LogP contribution in [-0.2, 0) is 9.47 Å². The predicted octanol–water partition coefficient (Wildman–Crippen LogP) is 4.90. The molecule has 0 spiro atoms. The number of alkyl carbamates (subject to hydrolysis) is 1. The van der Waals surface area contributed by atoms with Crippen molar-refractivity contribution in [1.29, 1.82) is 0 Å². The molecule has 2 amide bonds. The van der Waals surface area contributed by atoms with E-state index in [2.05, 4.69) is 26.9 Å². The third-order valence-electron chi connectivity index (χ3n) is 4.46. The maximum atomic E-state index is 12.4. The van der Waals surface area contributed by atoms with E-state index in [9.17, 15) is 9.59 Å². The summed E-state index contributed by atoms with van der Waals surface area (Å²) in [5.74, 6) is -0.0979. The van der Waals surface area contributed by atoms with E-state index in [0.29, 0.717) is 17.1 Å². The maximum absolute atomic E-state index is 12.4. The van der Waals surface area contributed by atoms with Crippen LogP contribution in [0.2, 0.25) is 0 Å². The molecule has 4 N–H and O–H groups in total. The summed E-state index contributed by atoms with van der Waals surface area (Å²) in [7, 11) is 1.29. The van der Waals surface area contributed by atoms with Crippen LogP contribution in [0.5, 0.6) is 0 Å². The Kier molecular flexibility index (Phi) is 7.63. The molecule has 1 aromatic heterocycles. The van der Waals surface area contributed by atoms with Crippen LogP contribution in [0.15, 0.2) is 49.2 Å². The lowest BCUT2D eigenvalue weighted by Crippen LogP contribution is -2.37. The number of amides is 2. The second kappa shape index (κ2) is 9.97. The van der Waals surface area contributed by atoms with E-state index in [1.165, 1.54) is 7.11 Å². The number of anilines is 2. The average molecular weight is 427 g/mol. The number of carbonyl (C=O) groups is 2. The maximum Gasteiger partial charge on any atom is 0.411 e. The van der Waals surface area contributed by atoms with Gasteiger partial charge in [-0.05, 0) is 56.5 Å². The highest BCUT2D eigenvalue weighted by Crippen LogP contribution is 2.31. The molecule has 1 unspecified atom stereocenters. The van der Waals surface area contributed by atoms with Gasteiger partial charge in [-0.25, -0.2) is 9.59 Å². The molecule has 0 saturated carbocycles. The van der Waals surface area contributed by atoms with Crippen molar-refractivity contribution >= 4 is 23.6 Å². The molecule has 31 heavy (non-hydrogen) atoms. The Labute approximate surface area is 182 Å². The monoisotopic (exact) mass is 426 g/mol. The van der Waals surface area contributed by atoms with E-state index < -0.39 is 23.8 Å². The number of aromatic nitrogens is 1. The molecule has 8 nitrogen and oxygen atoms in total. The van der Waals surface area contributed by atoms with Crippen LogP contribution in [0.1, 0.15) is 39.4 Å². The van der Waals surface area contributed by atoms with Crippen LogP contribution >= 0.6 is 0 Å². The second-order valence-corrected chi connectivity index (χ2v) is 8.11. The van der Waals surface area contributed by atoms with Gasteiger partial charge in [0.25, 0.3) is 0 Å². The van der Waals surface area contributed by atoms with Gasteiger partial charge in [0.05, 0.1) is 18.8 Å². The fourth-order valence-corrected chi connectivity index (χ4v) is 2.90. The third-order valence-corrected chi connectivity index (χ3v) is 4.46. The van der Waals surface area contributed by atoms with Gasteiger partial charge in [0.1, 0.15) is 5.60 Å². The van der Waals surface area contributed by atoms with Crippen molar-refractivity contribution < 1.29 is 19.1 Å². The molecular weight excluding hydrogens is 396 g/mol. The molecule has 2 aromatic rings. The Balaban J connectivity index is 2.34. The topological polar surface area (TPSA) is 116 Å². The standard InChI is InChI=1S/C23H30N4O4/c1-7-14(2)20(27-22(29)31-23(3,4)5)19-12-15(10-11-25-19)17-9-8-16(13-18(17)24)26-21(28)30-6/h7-14,20H,1,24H2,2-6H3,(H,26,28)(H,27,29)/t14?,20-/m0/s1. The predicted molar refractivity (Wildman–Crippen MR) is 122 cm³/mol. The van der Waals surface area contributed by atoms with Crippen molar-refractivity contribution in [1.82, 2.24) is 10.3 Å². The number of ether oxygens (including phenoxy) is 2. The van der Waals surface area contributed by atoms with Crippen molar-refractivity contribution in [2.24, 2.45) is 5.92 Å². The van der Waals surface area contributed by atoms with Crippen molar-refractivity contribution in [2.75, 3.05) is 18.2 Å². The molecule has 8 heteroatoms. The zero-order valence-electron chi connectivity index (χ0n) is 18.6. The Bertz CT molecular complexity index is 953. The number of nitrogens with two attached hydrogens (primary N) is 1. The zero-order chi connectivity index (χ0) is 23.2. The lowest BCUT2D eigenvalue weighted by atomic mass is 9.95. The van der Waals surface area contributed by atoms with Gasteiger partial charge >= 0.3 is 12.2 Å².